The molecule has 0 saturated carbocycles. The molecule has 1 amide bonds. The zero-order chi connectivity index (χ0) is 20.6. The van der Waals surface area contributed by atoms with Crippen LogP contribution in [0.3, 0.4) is 0 Å². The van der Waals surface area contributed by atoms with Crippen LogP contribution in [0.2, 0.25) is 0 Å². The standard InChI is InChI=1S/C22H28N4O4/c1-25-9-5-18(24-25)21(27)23-13-17-4-6-22(30-17)7-10-26(11-8-22)14-16-2-3-19-20(12-16)29-15-28-19/h2-3,5,9,12,17H,4,6-8,10-11,13-15H2,1H3,(H,23,27). The molecule has 8 nitrogen and oxygen atoms in total. The number of nitrogens with one attached hydrogen (secondary N) is 1. The first-order chi connectivity index (χ1) is 14.6. The third kappa shape index (κ3) is 4.02. The van der Waals surface area contributed by atoms with Gasteiger partial charge in [-0.2, -0.15) is 5.10 Å². The largest absolute Gasteiger partial charge is 0.454 e. The molecule has 160 valence electrons. The second-order valence-electron chi connectivity index (χ2n) is 8.51. The predicted molar refractivity (Wildman–Crippen MR) is 109 cm³/mol. The number of hydrogen-bond donors (Lipinski definition) is 1. The summed E-state index contributed by atoms with van der Waals surface area (Å²) in [6.07, 6.45) is 5.97. The van der Waals surface area contributed by atoms with E-state index in [2.05, 4.69) is 27.4 Å². The Labute approximate surface area is 176 Å². The van der Waals surface area contributed by atoms with Gasteiger partial charge in [0.05, 0.1) is 11.7 Å². The van der Waals surface area contributed by atoms with Crippen LogP contribution in [-0.2, 0) is 18.3 Å². The number of aromatic nitrogens is 2. The van der Waals surface area contributed by atoms with Gasteiger partial charge in [-0.25, -0.2) is 0 Å². The van der Waals surface area contributed by atoms with E-state index in [1.54, 1.807) is 24.0 Å². The van der Waals surface area contributed by atoms with Crippen molar-refractivity contribution in [1.82, 2.24) is 20.0 Å². The topological polar surface area (TPSA) is 77.9 Å². The number of hydrogen-bond acceptors (Lipinski definition) is 6. The van der Waals surface area contributed by atoms with Gasteiger partial charge in [-0.05, 0) is 49.4 Å². The van der Waals surface area contributed by atoms with Gasteiger partial charge >= 0.3 is 0 Å². The van der Waals surface area contributed by atoms with Crippen LogP contribution in [0.1, 0.15) is 41.7 Å². The molecule has 8 heteroatoms. The van der Waals surface area contributed by atoms with Gasteiger partial charge in [-0.15, -0.1) is 0 Å². The fourth-order valence-corrected chi connectivity index (χ4v) is 4.66. The molecule has 0 radical (unpaired) electrons. The highest BCUT2D eigenvalue weighted by Crippen LogP contribution is 2.39. The maximum atomic E-state index is 12.2. The molecule has 0 bridgehead atoms. The molecule has 1 aromatic heterocycles. The number of rotatable bonds is 5. The van der Waals surface area contributed by atoms with Crippen molar-refractivity contribution in [3.8, 4) is 11.5 Å². The SMILES string of the molecule is Cn1ccc(C(=O)NCC2CCC3(CCN(Cc4ccc5c(c4)OCO5)CC3)O2)n1. The summed E-state index contributed by atoms with van der Waals surface area (Å²) in [6, 6.07) is 7.92. The van der Waals surface area contributed by atoms with Crippen molar-refractivity contribution in [2.24, 2.45) is 7.05 Å². The smallest absolute Gasteiger partial charge is 0.271 e. The fraction of sp³-hybridized carbons (Fsp3) is 0.545. The minimum absolute atomic E-state index is 0.0359. The van der Waals surface area contributed by atoms with Crippen LogP contribution in [0, 0.1) is 0 Å². The molecule has 3 aliphatic heterocycles. The Morgan fingerprint density at radius 1 is 1.20 bits per heavy atom. The number of ether oxygens (including phenoxy) is 3. The summed E-state index contributed by atoms with van der Waals surface area (Å²) in [7, 11) is 1.81. The molecule has 3 aliphatic rings. The van der Waals surface area contributed by atoms with Crippen LogP contribution in [0.25, 0.3) is 0 Å². The van der Waals surface area contributed by atoms with Gasteiger partial charge in [0.25, 0.3) is 5.91 Å². The molecule has 2 saturated heterocycles. The third-order valence-electron chi connectivity index (χ3n) is 6.39. The summed E-state index contributed by atoms with van der Waals surface area (Å²) in [5.41, 5.74) is 1.66. The van der Waals surface area contributed by atoms with Crippen molar-refractivity contribution in [3.05, 3.63) is 41.7 Å². The number of piperidine rings is 1. The zero-order valence-corrected chi connectivity index (χ0v) is 17.3. The maximum Gasteiger partial charge on any atom is 0.271 e. The van der Waals surface area contributed by atoms with E-state index < -0.39 is 0 Å². The lowest BCUT2D eigenvalue weighted by Crippen LogP contribution is -2.44. The average Bonchev–Trinajstić information content (AvgIpc) is 3.48. The van der Waals surface area contributed by atoms with Crippen molar-refractivity contribution >= 4 is 5.91 Å². The van der Waals surface area contributed by atoms with E-state index in [0.717, 1.165) is 56.8 Å². The summed E-state index contributed by atoms with van der Waals surface area (Å²) in [4.78, 5) is 14.7. The van der Waals surface area contributed by atoms with Gasteiger partial charge in [0.2, 0.25) is 6.79 Å². The Kier molecular flexibility index (Phi) is 5.12. The van der Waals surface area contributed by atoms with E-state index in [1.807, 2.05) is 6.07 Å². The van der Waals surface area contributed by atoms with Crippen LogP contribution in [0.5, 0.6) is 11.5 Å². The number of amides is 1. The normalized spacial score (nSPS) is 22.5. The molecule has 2 fully saturated rings. The molecule has 1 spiro atoms. The van der Waals surface area contributed by atoms with Gasteiger partial charge < -0.3 is 19.5 Å². The molecule has 4 heterocycles. The lowest BCUT2D eigenvalue weighted by atomic mass is 9.88. The van der Waals surface area contributed by atoms with Crippen molar-refractivity contribution in [2.45, 2.75) is 43.9 Å². The Morgan fingerprint density at radius 2 is 2.03 bits per heavy atom. The molecule has 1 unspecified atom stereocenters. The fourth-order valence-electron chi connectivity index (χ4n) is 4.66. The van der Waals surface area contributed by atoms with Crippen LogP contribution < -0.4 is 14.8 Å². The van der Waals surface area contributed by atoms with Crippen molar-refractivity contribution < 1.29 is 19.0 Å². The van der Waals surface area contributed by atoms with E-state index in [9.17, 15) is 4.79 Å². The van der Waals surface area contributed by atoms with Crippen molar-refractivity contribution in [3.63, 3.8) is 0 Å². The van der Waals surface area contributed by atoms with Crippen molar-refractivity contribution in [1.29, 1.82) is 0 Å². The molecular formula is C22H28N4O4. The van der Waals surface area contributed by atoms with Crippen LogP contribution in [0.4, 0.5) is 0 Å². The molecule has 1 atom stereocenters. The van der Waals surface area contributed by atoms with Gasteiger partial charge in [0, 0.05) is 39.4 Å². The second kappa shape index (κ2) is 7.92. The summed E-state index contributed by atoms with van der Waals surface area (Å²) >= 11 is 0. The van der Waals surface area contributed by atoms with E-state index in [0.29, 0.717) is 19.0 Å². The van der Waals surface area contributed by atoms with Gasteiger partial charge in [-0.1, -0.05) is 6.07 Å². The van der Waals surface area contributed by atoms with Crippen molar-refractivity contribution in [2.75, 3.05) is 26.4 Å². The summed E-state index contributed by atoms with van der Waals surface area (Å²) in [5.74, 6) is 1.53. The molecule has 0 aliphatic carbocycles. The van der Waals surface area contributed by atoms with Crippen LogP contribution in [0.15, 0.2) is 30.5 Å². The highest BCUT2D eigenvalue weighted by molar-refractivity contribution is 5.92. The maximum absolute atomic E-state index is 12.2. The minimum Gasteiger partial charge on any atom is -0.454 e. The predicted octanol–water partition coefficient (Wildman–Crippen LogP) is 2.09. The first-order valence-electron chi connectivity index (χ1n) is 10.7. The molecule has 2 aromatic rings. The quantitative estimate of drug-likeness (QED) is 0.810. The average molecular weight is 412 g/mol. The Morgan fingerprint density at radius 3 is 2.83 bits per heavy atom. The first kappa shape index (κ1) is 19.4. The number of aryl methyl sites for hydroxylation is 1. The minimum atomic E-state index is -0.140. The van der Waals surface area contributed by atoms with E-state index in [1.165, 1.54) is 5.56 Å². The lowest BCUT2D eigenvalue weighted by molar-refractivity contribution is -0.0764. The third-order valence-corrected chi connectivity index (χ3v) is 6.39. The second-order valence-corrected chi connectivity index (χ2v) is 8.51. The van der Waals surface area contributed by atoms with Crippen LogP contribution in [-0.4, -0.2) is 58.7 Å². The highest BCUT2D eigenvalue weighted by atomic mass is 16.7. The Bertz CT molecular complexity index is 920. The zero-order valence-electron chi connectivity index (χ0n) is 17.3. The summed E-state index contributed by atoms with van der Waals surface area (Å²) in [5, 5.41) is 7.11. The molecule has 30 heavy (non-hydrogen) atoms. The Hall–Kier alpha value is -2.58. The number of carbonyl (C=O) groups excluding carboxylic acids is 1. The number of carbonyl (C=O) groups is 1. The number of benzene rings is 1. The monoisotopic (exact) mass is 412 g/mol. The summed E-state index contributed by atoms with van der Waals surface area (Å²) in [6.45, 7) is 3.79. The first-order valence-corrected chi connectivity index (χ1v) is 10.7. The highest BCUT2D eigenvalue weighted by Gasteiger charge is 2.42. The van der Waals surface area contributed by atoms with E-state index >= 15 is 0 Å². The van der Waals surface area contributed by atoms with E-state index in [4.69, 9.17) is 14.2 Å². The number of fused-ring (bicyclic) bond motifs is 1. The summed E-state index contributed by atoms with van der Waals surface area (Å²) < 4.78 is 19.0. The van der Waals surface area contributed by atoms with Gasteiger partial charge in [0.1, 0.15) is 5.69 Å². The lowest BCUT2D eigenvalue weighted by Gasteiger charge is -2.39. The van der Waals surface area contributed by atoms with E-state index in [-0.39, 0.29) is 17.6 Å². The number of likely N-dealkylation sites (tertiary alicyclic amines) is 1. The molecular weight excluding hydrogens is 384 g/mol. The van der Waals surface area contributed by atoms with Crippen LogP contribution >= 0.6 is 0 Å². The number of nitrogens with zero attached hydrogens (tertiary/aromatic N) is 3. The van der Waals surface area contributed by atoms with Gasteiger partial charge in [-0.3, -0.25) is 14.4 Å². The molecule has 1 aromatic carbocycles. The molecule has 1 N–H and O–H groups in total. The van der Waals surface area contributed by atoms with Gasteiger partial charge in [0.15, 0.2) is 11.5 Å². The molecule has 5 rings (SSSR count). The Balaban J connectivity index is 1.09.